The molecule has 3 unspecified atom stereocenters. The molecule has 30 heavy (non-hydrogen) atoms. The predicted octanol–water partition coefficient (Wildman–Crippen LogP) is 5.63. The van der Waals surface area contributed by atoms with Gasteiger partial charge in [0.05, 0.1) is 5.92 Å². The first kappa shape index (κ1) is 17.1. The maximum absolute atomic E-state index is 6.19. The minimum absolute atomic E-state index is 0.0580. The van der Waals surface area contributed by atoms with E-state index in [-0.39, 0.29) is 17.8 Å². The first-order valence-electron chi connectivity index (χ1n) is 10.2. The summed E-state index contributed by atoms with van der Waals surface area (Å²) < 4.78 is 6.19. The van der Waals surface area contributed by atoms with Gasteiger partial charge in [-0.25, -0.2) is 0 Å². The van der Waals surface area contributed by atoms with Gasteiger partial charge in [0.1, 0.15) is 0 Å². The average molecular weight is 389 g/mol. The molecule has 6 rings (SSSR count). The Morgan fingerprint density at radius 2 is 1.50 bits per heavy atom. The van der Waals surface area contributed by atoms with Gasteiger partial charge >= 0.3 is 0 Å². The summed E-state index contributed by atoms with van der Waals surface area (Å²) >= 11 is 0. The average Bonchev–Trinajstić information content (AvgIpc) is 3.43. The highest BCUT2D eigenvalue weighted by molar-refractivity contribution is 5.77. The third-order valence-corrected chi connectivity index (χ3v) is 6.09. The molecule has 2 aromatic heterocycles. The van der Waals surface area contributed by atoms with Crippen LogP contribution >= 0.6 is 0 Å². The summed E-state index contributed by atoms with van der Waals surface area (Å²) in [6.07, 6.45) is 10.6. The summed E-state index contributed by atoms with van der Waals surface area (Å²) in [7, 11) is 0. The van der Waals surface area contributed by atoms with Crippen molar-refractivity contribution >= 4 is 5.57 Å². The van der Waals surface area contributed by atoms with Gasteiger partial charge in [-0.2, -0.15) is 0 Å². The van der Waals surface area contributed by atoms with Crippen molar-refractivity contribution < 1.29 is 4.42 Å². The molecule has 0 saturated heterocycles. The van der Waals surface area contributed by atoms with Crippen molar-refractivity contribution in [3.8, 4) is 11.5 Å². The molecule has 0 saturated carbocycles. The fourth-order valence-electron chi connectivity index (χ4n) is 4.71. The van der Waals surface area contributed by atoms with E-state index in [1.807, 2.05) is 42.7 Å². The maximum Gasteiger partial charge on any atom is 0.247 e. The molecule has 0 amide bonds. The van der Waals surface area contributed by atoms with Crippen LogP contribution in [0.25, 0.3) is 17.0 Å². The summed E-state index contributed by atoms with van der Waals surface area (Å²) in [4.78, 5) is 4.14. The molecule has 4 aromatic rings. The largest absolute Gasteiger partial charge is 0.420 e. The monoisotopic (exact) mass is 389 g/mol. The highest BCUT2D eigenvalue weighted by Gasteiger charge is 2.43. The first-order valence-corrected chi connectivity index (χ1v) is 10.2. The van der Waals surface area contributed by atoms with Gasteiger partial charge in [0, 0.05) is 29.8 Å². The van der Waals surface area contributed by atoms with Gasteiger partial charge in [0.25, 0.3) is 0 Å². The third-order valence-electron chi connectivity index (χ3n) is 6.09. The Hall–Kier alpha value is -3.79. The zero-order valence-electron chi connectivity index (χ0n) is 16.2. The minimum Gasteiger partial charge on any atom is -0.420 e. The molecule has 2 aromatic carbocycles. The Morgan fingerprint density at radius 3 is 2.33 bits per heavy atom. The van der Waals surface area contributed by atoms with Crippen molar-refractivity contribution in [3.05, 3.63) is 120 Å². The van der Waals surface area contributed by atoms with E-state index in [1.54, 1.807) is 0 Å². The zero-order valence-corrected chi connectivity index (χ0v) is 16.2. The van der Waals surface area contributed by atoms with Crippen LogP contribution in [0, 0.1) is 5.92 Å². The van der Waals surface area contributed by atoms with Crippen molar-refractivity contribution in [2.24, 2.45) is 5.92 Å². The molecule has 0 radical (unpaired) electrons. The minimum atomic E-state index is 0.0580. The topological polar surface area (TPSA) is 51.8 Å². The summed E-state index contributed by atoms with van der Waals surface area (Å²) in [6, 6.07) is 22.7. The van der Waals surface area contributed by atoms with E-state index in [2.05, 4.69) is 69.8 Å². The Balaban J connectivity index is 1.42. The molecule has 0 spiro atoms. The number of pyridine rings is 1. The van der Waals surface area contributed by atoms with Crippen LogP contribution in [0.4, 0.5) is 0 Å². The summed E-state index contributed by atoms with van der Waals surface area (Å²) in [6.45, 7) is 0. The van der Waals surface area contributed by atoms with Crippen LogP contribution in [0.2, 0.25) is 0 Å². The molecule has 0 fully saturated rings. The van der Waals surface area contributed by atoms with Gasteiger partial charge in [-0.15, -0.1) is 10.2 Å². The molecular weight excluding hydrogens is 370 g/mol. The van der Waals surface area contributed by atoms with E-state index in [9.17, 15) is 0 Å². The number of allylic oxidation sites excluding steroid dienone is 4. The van der Waals surface area contributed by atoms with Crippen LogP contribution in [-0.2, 0) is 0 Å². The number of hydrogen-bond acceptors (Lipinski definition) is 4. The maximum atomic E-state index is 6.19. The molecular formula is C26H19N3O. The highest BCUT2D eigenvalue weighted by atomic mass is 16.4. The second-order valence-corrected chi connectivity index (χ2v) is 7.74. The van der Waals surface area contributed by atoms with E-state index in [0.29, 0.717) is 11.8 Å². The number of aromatic nitrogens is 3. The van der Waals surface area contributed by atoms with Gasteiger partial charge in [0.2, 0.25) is 11.8 Å². The Morgan fingerprint density at radius 1 is 0.733 bits per heavy atom. The second-order valence-electron chi connectivity index (χ2n) is 7.74. The van der Waals surface area contributed by atoms with Crippen molar-refractivity contribution in [2.45, 2.75) is 11.8 Å². The standard InChI is InChI=1S/C26H19N3O/c1-2-6-18(7-3-1)25-28-29-26(30-25)24-21-9-5-4-8-20(21)23-16-19(10-11-22(23)24)17-12-14-27-15-13-17/h1-16,22-24H. The van der Waals surface area contributed by atoms with E-state index in [1.165, 1.54) is 22.3 Å². The lowest BCUT2D eigenvalue weighted by molar-refractivity contribution is 0.433. The SMILES string of the molecule is C1=CC2C(C=C1c1ccncc1)c1ccccc1C2c1nnc(-c2ccccc2)o1. The number of nitrogens with zero attached hydrogens (tertiary/aromatic N) is 3. The van der Waals surface area contributed by atoms with Gasteiger partial charge in [-0.3, -0.25) is 4.98 Å². The van der Waals surface area contributed by atoms with E-state index >= 15 is 0 Å². The van der Waals surface area contributed by atoms with E-state index in [4.69, 9.17) is 4.42 Å². The summed E-state index contributed by atoms with van der Waals surface area (Å²) in [5, 5.41) is 8.80. The molecule has 3 atom stereocenters. The summed E-state index contributed by atoms with van der Waals surface area (Å²) in [5.41, 5.74) is 5.96. The molecule has 0 N–H and O–H groups in total. The van der Waals surface area contributed by atoms with Crippen LogP contribution < -0.4 is 0 Å². The number of fused-ring (bicyclic) bond motifs is 3. The molecule has 4 heteroatoms. The highest BCUT2D eigenvalue weighted by Crippen LogP contribution is 2.53. The Labute approximate surface area is 174 Å². The normalized spacial score (nSPS) is 21.7. The van der Waals surface area contributed by atoms with Gasteiger partial charge in [-0.1, -0.05) is 60.7 Å². The lowest BCUT2D eigenvalue weighted by Gasteiger charge is -2.23. The lowest BCUT2D eigenvalue weighted by Crippen LogP contribution is -2.13. The number of benzene rings is 2. The summed E-state index contributed by atoms with van der Waals surface area (Å²) in [5.74, 6) is 1.85. The van der Waals surface area contributed by atoms with E-state index < -0.39 is 0 Å². The quantitative estimate of drug-likeness (QED) is 0.456. The van der Waals surface area contributed by atoms with Gasteiger partial charge in [-0.05, 0) is 46.5 Å². The smallest absolute Gasteiger partial charge is 0.247 e. The van der Waals surface area contributed by atoms with Crippen molar-refractivity contribution in [3.63, 3.8) is 0 Å². The predicted molar refractivity (Wildman–Crippen MR) is 116 cm³/mol. The van der Waals surface area contributed by atoms with Crippen LogP contribution in [0.15, 0.2) is 102 Å². The zero-order chi connectivity index (χ0) is 19.9. The fraction of sp³-hybridized carbons (Fsp3) is 0.115. The van der Waals surface area contributed by atoms with Crippen LogP contribution in [0.1, 0.15) is 34.4 Å². The molecule has 2 aliphatic carbocycles. The number of hydrogen-bond donors (Lipinski definition) is 0. The number of rotatable bonds is 3. The van der Waals surface area contributed by atoms with Gasteiger partial charge < -0.3 is 4.42 Å². The Bertz CT molecular complexity index is 1260. The molecule has 144 valence electrons. The molecule has 2 heterocycles. The fourth-order valence-corrected chi connectivity index (χ4v) is 4.71. The van der Waals surface area contributed by atoms with E-state index in [0.717, 1.165) is 5.56 Å². The van der Waals surface area contributed by atoms with Gasteiger partial charge in [0.15, 0.2) is 0 Å². The van der Waals surface area contributed by atoms with Crippen molar-refractivity contribution in [1.29, 1.82) is 0 Å². The van der Waals surface area contributed by atoms with Crippen molar-refractivity contribution in [2.75, 3.05) is 0 Å². The third kappa shape index (κ3) is 2.72. The van der Waals surface area contributed by atoms with Crippen LogP contribution in [-0.4, -0.2) is 15.2 Å². The molecule has 4 nitrogen and oxygen atoms in total. The first-order chi connectivity index (χ1) is 14.9. The molecule has 0 aliphatic heterocycles. The second kappa shape index (κ2) is 6.92. The Kier molecular flexibility index (Phi) is 3.94. The molecule has 0 bridgehead atoms. The van der Waals surface area contributed by atoms with Crippen LogP contribution in [0.5, 0.6) is 0 Å². The van der Waals surface area contributed by atoms with Crippen molar-refractivity contribution in [1.82, 2.24) is 15.2 Å². The lowest BCUT2D eigenvalue weighted by atomic mass is 9.81. The van der Waals surface area contributed by atoms with Crippen LogP contribution in [0.3, 0.4) is 0 Å². The molecule has 2 aliphatic rings.